The second-order valence-corrected chi connectivity index (χ2v) is 7.21. The van der Waals surface area contributed by atoms with Crippen LogP contribution in [0.1, 0.15) is 60.8 Å². The van der Waals surface area contributed by atoms with Gasteiger partial charge in [0.2, 0.25) is 0 Å². The van der Waals surface area contributed by atoms with E-state index in [0.717, 1.165) is 12.8 Å². The molecule has 0 aromatic heterocycles. The lowest BCUT2D eigenvalue weighted by Crippen LogP contribution is -2.47. The number of alkyl carbamates (subject to hydrolysis) is 1. The highest BCUT2D eigenvalue weighted by molar-refractivity contribution is 5.85. The molecule has 132 valence electrons. The molecule has 0 radical (unpaired) electrons. The van der Waals surface area contributed by atoms with Crippen LogP contribution in [0, 0.1) is 0 Å². The van der Waals surface area contributed by atoms with Crippen molar-refractivity contribution < 1.29 is 19.4 Å². The fraction of sp³-hybridized carbons (Fsp3) is 0.867. The third kappa shape index (κ3) is 13.9. The summed E-state index contributed by atoms with van der Waals surface area (Å²) in [5.41, 5.74) is -0.743. The molecular weight excluding hydrogens is 308 g/mol. The Bertz CT molecular complexity index is 348. The summed E-state index contributed by atoms with van der Waals surface area (Å²) in [5, 5.41) is 14.9. The van der Waals surface area contributed by atoms with E-state index in [-0.39, 0.29) is 17.9 Å². The number of ether oxygens (including phenoxy) is 1. The van der Waals surface area contributed by atoms with Crippen LogP contribution in [0.15, 0.2) is 0 Å². The predicted octanol–water partition coefficient (Wildman–Crippen LogP) is 2.94. The Morgan fingerprint density at radius 1 is 1.09 bits per heavy atom. The van der Waals surface area contributed by atoms with Crippen LogP contribution in [-0.4, -0.2) is 40.9 Å². The van der Waals surface area contributed by atoms with Crippen LogP contribution in [0.4, 0.5) is 4.79 Å². The minimum Gasteiger partial charge on any atom is -0.480 e. The topological polar surface area (TPSA) is 87.7 Å². The Kier molecular flexibility index (Phi) is 10.5. The quantitative estimate of drug-likeness (QED) is 0.621. The number of nitrogens with one attached hydrogen (secondary N) is 2. The largest absolute Gasteiger partial charge is 0.480 e. The van der Waals surface area contributed by atoms with Gasteiger partial charge >= 0.3 is 12.1 Å². The molecule has 0 heterocycles. The Hall–Kier alpha value is -1.01. The summed E-state index contributed by atoms with van der Waals surface area (Å²) >= 11 is 0. The van der Waals surface area contributed by atoms with Crippen molar-refractivity contribution in [2.24, 2.45) is 0 Å². The normalized spacial score (nSPS) is 13.0. The highest BCUT2D eigenvalue weighted by Crippen LogP contribution is 2.08. The summed E-state index contributed by atoms with van der Waals surface area (Å²) in [4.78, 5) is 22.6. The number of carbonyl (C=O) groups is 2. The highest BCUT2D eigenvalue weighted by Gasteiger charge is 2.22. The molecule has 1 atom stereocenters. The van der Waals surface area contributed by atoms with E-state index in [0.29, 0.717) is 13.0 Å². The molecular formula is C15H31ClN2O4. The van der Waals surface area contributed by atoms with Gasteiger partial charge in [-0.25, -0.2) is 4.79 Å². The number of amides is 1. The highest BCUT2D eigenvalue weighted by atomic mass is 35.5. The van der Waals surface area contributed by atoms with Crippen molar-refractivity contribution in [2.45, 2.75) is 78.0 Å². The standard InChI is InChI=1S/C15H30N2O4.ClH/c1-14(2,3)17-11(12(18)19)9-7-8-10-16-13(20)21-15(4,5)6;/h11,17H,7-10H2,1-6H3,(H,16,20)(H,18,19);1H. The Labute approximate surface area is 139 Å². The van der Waals surface area contributed by atoms with Gasteiger partial charge in [-0.15, -0.1) is 12.4 Å². The van der Waals surface area contributed by atoms with Crippen LogP contribution in [-0.2, 0) is 9.53 Å². The van der Waals surface area contributed by atoms with E-state index in [9.17, 15) is 9.59 Å². The summed E-state index contributed by atoms with van der Waals surface area (Å²) in [5.74, 6) is -0.843. The average molecular weight is 339 g/mol. The first-order valence-electron chi connectivity index (χ1n) is 7.38. The van der Waals surface area contributed by atoms with Crippen molar-refractivity contribution in [2.75, 3.05) is 6.54 Å². The van der Waals surface area contributed by atoms with Gasteiger partial charge in [-0.3, -0.25) is 10.1 Å². The Morgan fingerprint density at radius 3 is 2.05 bits per heavy atom. The zero-order valence-electron chi connectivity index (χ0n) is 14.5. The predicted molar refractivity (Wildman–Crippen MR) is 89.6 cm³/mol. The number of rotatable bonds is 7. The van der Waals surface area contributed by atoms with E-state index >= 15 is 0 Å². The van der Waals surface area contributed by atoms with Crippen LogP contribution in [0.2, 0.25) is 0 Å². The van der Waals surface area contributed by atoms with Gasteiger partial charge in [-0.05, 0) is 60.8 Å². The number of carboxylic acid groups (broad SMARTS) is 1. The number of hydrogen-bond acceptors (Lipinski definition) is 4. The third-order valence-electron chi connectivity index (χ3n) is 2.49. The zero-order valence-corrected chi connectivity index (χ0v) is 15.3. The van der Waals surface area contributed by atoms with Crippen molar-refractivity contribution in [3.8, 4) is 0 Å². The first-order valence-corrected chi connectivity index (χ1v) is 7.38. The summed E-state index contributed by atoms with van der Waals surface area (Å²) < 4.78 is 5.11. The van der Waals surface area contributed by atoms with Crippen LogP contribution in [0.5, 0.6) is 0 Å². The maximum atomic E-state index is 11.4. The molecule has 0 fully saturated rings. The molecule has 0 spiro atoms. The molecule has 0 aliphatic rings. The number of unbranched alkanes of at least 4 members (excludes halogenated alkanes) is 1. The molecule has 0 aromatic carbocycles. The van der Waals surface area contributed by atoms with Crippen molar-refractivity contribution in [1.29, 1.82) is 0 Å². The van der Waals surface area contributed by atoms with E-state index in [1.165, 1.54) is 0 Å². The zero-order chi connectivity index (χ0) is 16.7. The van der Waals surface area contributed by atoms with E-state index in [1.807, 2.05) is 41.5 Å². The van der Waals surface area contributed by atoms with Crippen LogP contribution in [0.25, 0.3) is 0 Å². The molecule has 1 unspecified atom stereocenters. The van der Waals surface area contributed by atoms with E-state index < -0.39 is 23.7 Å². The summed E-state index contributed by atoms with van der Waals surface area (Å²) in [6, 6.07) is -0.563. The minimum absolute atomic E-state index is 0. The number of carboxylic acids is 1. The molecule has 0 bridgehead atoms. The second kappa shape index (κ2) is 9.90. The molecule has 0 rings (SSSR count). The molecule has 0 aliphatic heterocycles. The van der Waals surface area contributed by atoms with Crippen molar-refractivity contribution >= 4 is 24.5 Å². The van der Waals surface area contributed by atoms with Gasteiger partial charge in [0, 0.05) is 12.1 Å². The van der Waals surface area contributed by atoms with Gasteiger partial charge in [0.1, 0.15) is 11.6 Å². The molecule has 1 amide bonds. The van der Waals surface area contributed by atoms with Crippen molar-refractivity contribution in [3.05, 3.63) is 0 Å². The van der Waals surface area contributed by atoms with Gasteiger partial charge in [-0.2, -0.15) is 0 Å². The van der Waals surface area contributed by atoms with E-state index in [2.05, 4.69) is 10.6 Å². The van der Waals surface area contributed by atoms with Crippen molar-refractivity contribution in [1.82, 2.24) is 10.6 Å². The van der Waals surface area contributed by atoms with Gasteiger partial charge in [0.25, 0.3) is 0 Å². The van der Waals surface area contributed by atoms with Crippen molar-refractivity contribution in [3.63, 3.8) is 0 Å². The smallest absolute Gasteiger partial charge is 0.407 e. The lowest BCUT2D eigenvalue weighted by Gasteiger charge is -2.26. The number of aliphatic carboxylic acids is 1. The Balaban J connectivity index is 0. The van der Waals surface area contributed by atoms with Gasteiger partial charge in [0.05, 0.1) is 0 Å². The first kappa shape index (κ1) is 23.3. The minimum atomic E-state index is -0.843. The van der Waals surface area contributed by atoms with Gasteiger partial charge < -0.3 is 15.2 Å². The second-order valence-electron chi connectivity index (χ2n) is 7.21. The molecule has 0 aliphatic carbocycles. The molecule has 0 saturated heterocycles. The average Bonchev–Trinajstić information content (AvgIpc) is 2.22. The SMILES string of the molecule is CC(C)(C)NC(CCCCNC(=O)OC(C)(C)C)C(=O)O.Cl. The molecule has 7 heteroatoms. The number of halogens is 1. The molecule has 6 nitrogen and oxygen atoms in total. The van der Waals surface area contributed by atoms with Gasteiger partial charge in [0.15, 0.2) is 0 Å². The van der Waals surface area contributed by atoms with Crippen LogP contribution < -0.4 is 10.6 Å². The summed E-state index contributed by atoms with van der Waals surface area (Å²) in [6.45, 7) is 11.7. The molecule has 22 heavy (non-hydrogen) atoms. The maximum Gasteiger partial charge on any atom is 0.407 e. The molecule has 0 saturated carbocycles. The third-order valence-corrected chi connectivity index (χ3v) is 2.49. The number of hydrogen-bond donors (Lipinski definition) is 3. The van der Waals surface area contributed by atoms with E-state index in [1.54, 1.807) is 0 Å². The Morgan fingerprint density at radius 2 is 1.64 bits per heavy atom. The molecule has 3 N–H and O–H groups in total. The van der Waals surface area contributed by atoms with E-state index in [4.69, 9.17) is 9.84 Å². The van der Waals surface area contributed by atoms with Crippen LogP contribution in [0.3, 0.4) is 0 Å². The monoisotopic (exact) mass is 338 g/mol. The number of carbonyl (C=O) groups excluding carboxylic acids is 1. The summed E-state index contributed by atoms with van der Waals surface area (Å²) in [7, 11) is 0. The van der Waals surface area contributed by atoms with Crippen LogP contribution >= 0.6 is 12.4 Å². The fourth-order valence-electron chi connectivity index (χ4n) is 1.76. The van der Waals surface area contributed by atoms with Gasteiger partial charge in [-0.1, -0.05) is 0 Å². The molecule has 0 aromatic rings. The first-order chi connectivity index (χ1) is 9.41. The lowest BCUT2D eigenvalue weighted by molar-refractivity contribution is -0.140. The summed E-state index contributed by atoms with van der Waals surface area (Å²) in [6.07, 6.45) is 1.53. The maximum absolute atomic E-state index is 11.4. The fourth-order valence-corrected chi connectivity index (χ4v) is 1.76. The lowest BCUT2D eigenvalue weighted by atomic mass is 10.0.